The number of methoxy groups -OCH3 is 1. The molecular formula is C17H16O3. The van der Waals surface area contributed by atoms with Crippen molar-refractivity contribution in [3.8, 4) is 11.5 Å². The van der Waals surface area contributed by atoms with E-state index < -0.39 is 0 Å². The third kappa shape index (κ3) is 3.26. The van der Waals surface area contributed by atoms with E-state index in [1.807, 2.05) is 31.2 Å². The number of allylic oxidation sites excluding steroid dienone is 1. The van der Waals surface area contributed by atoms with E-state index in [0.29, 0.717) is 11.3 Å². The molecule has 20 heavy (non-hydrogen) atoms. The Labute approximate surface area is 118 Å². The Morgan fingerprint density at radius 3 is 2.70 bits per heavy atom. The van der Waals surface area contributed by atoms with Gasteiger partial charge >= 0.3 is 0 Å². The zero-order valence-corrected chi connectivity index (χ0v) is 11.5. The van der Waals surface area contributed by atoms with E-state index >= 15 is 0 Å². The number of ketones is 1. The highest BCUT2D eigenvalue weighted by molar-refractivity contribution is 6.07. The van der Waals surface area contributed by atoms with E-state index in [2.05, 4.69) is 0 Å². The molecule has 0 unspecified atom stereocenters. The van der Waals surface area contributed by atoms with Crippen molar-refractivity contribution in [2.24, 2.45) is 0 Å². The van der Waals surface area contributed by atoms with Gasteiger partial charge in [0.05, 0.1) is 7.11 Å². The molecule has 2 aromatic carbocycles. The van der Waals surface area contributed by atoms with Gasteiger partial charge in [0, 0.05) is 5.56 Å². The number of phenolic OH excluding ortho intramolecular Hbond substituents is 1. The van der Waals surface area contributed by atoms with Crippen LogP contribution in [-0.4, -0.2) is 18.0 Å². The molecule has 0 amide bonds. The lowest BCUT2D eigenvalue weighted by Crippen LogP contribution is -1.95. The molecule has 2 rings (SSSR count). The van der Waals surface area contributed by atoms with Gasteiger partial charge in [-0.1, -0.05) is 35.9 Å². The summed E-state index contributed by atoms with van der Waals surface area (Å²) in [6, 6.07) is 12.4. The highest BCUT2D eigenvalue weighted by atomic mass is 16.5. The number of benzene rings is 2. The van der Waals surface area contributed by atoms with Gasteiger partial charge in [-0.05, 0) is 36.8 Å². The zero-order chi connectivity index (χ0) is 14.5. The maximum absolute atomic E-state index is 12.1. The monoisotopic (exact) mass is 268 g/mol. The molecule has 0 radical (unpaired) electrons. The van der Waals surface area contributed by atoms with Crippen LogP contribution in [0.3, 0.4) is 0 Å². The number of carbonyl (C=O) groups is 1. The average molecular weight is 268 g/mol. The predicted molar refractivity (Wildman–Crippen MR) is 79.2 cm³/mol. The van der Waals surface area contributed by atoms with Crippen LogP contribution in [0.15, 0.2) is 48.5 Å². The van der Waals surface area contributed by atoms with Gasteiger partial charge < -0.3 is 9.84 Å². The van der Waals surface area contributed by atoms with Crippen molar-refractivity contribution in [3.05, 3.63) is 65.2 Å². The fourth-order valence-corrected chi connectivity index (χ4v) is 1.87. The third-order valence-electron chi connectivity index (χ3n) is 2.93. The summed E-state index contributed by atoms with van der Waals surface area (Å²) in [4.78, 5) is 12.1. The standard InChI is InChI=1S/C17H16O3/c1-12-4-3-5-13(10-12)6-8-15(18)14-7-9-16(19)17(11-14)20-2/h3-11,19H,1-2H3/b8-6+. The van der Waals surface area contributed by atoms with Gasteiger partial charge in [0.1, 0.15) is 0 Å². The topological polar surface area (TPSA) is 46.5 Å². The van der Waals surface area contributed by atoms with E-state index in [9.17, 15) is 9.90 Å². The van der Waals surface area contributed by atoms with Crippen LogP contribution in [0.1, 0.15) is 21.5 Å². The average Bonchev–Trinajstić information content (AvgIpc) is 2.45. The van der Waals surface area contributed by atoms with Crippen molar-refractivity contribution in [2.75, 3.05) is 7.11 Å². The lowest BCUT2D eigenvalue weighted by atomic mass is 10.1. The van der Waals surface area contributed by atoms with Crippen LogP contribution in [0.4, 0.5) is 0 Å². The molecule has 0 aliphatic carbocycles. The summed E-state index contributed by atoms with van der Waals surface area (Å²) in [5, 5.41) is 9.50. The highest BCUT2D eigenvalue weighted by Gasteiger charge is 2.07. The van der Waals surface area contributed by atoms with Crippen molar-refractivity contribution in [1.82, 2.24) is 0 Å². The molecule has 0 bridgehead atoms. The first-order valence-corrected chi connectivity index (χ1v) is 6.26. The molecule has 1 N–H and O–H groups in total. The second kappa shape index (κ2) is 6.06. The molecule has 102 valence electrons. The summed E-state index contributed by atoms with van der Waals surface area (Å²) in [7, 11) is 1.45. The molecule has 0 saturated heterocycles. The maximum Gasteiger partial charge on any atom is 0.185 e. The van der Waals surface area contributed by atoms with E-state index in [0.717, 1.165) is 11.1 Å². The zero-order valence-electron chi connectivity index (χ0n) is 11.5. The smallest absolute Gasteiger partial charge is 0.185 e. The fourth-order valence-electron chi connectivity index (χ4n) is 1.87. The summed E-state index contributed by atoms with van der Waals surface area (Å²) >= 11 is 0. The maximum atomic E-state index is 12.1. The lowest BCUT2D eigenvalue weighted by molar-refractivity contribution is 0.104. The Bertz CT molecular complexity index is 657. The molecule has 3 heteroatoms. The molecule has 0 saturated carbocycles. The van der Waals surface area contributed by atoms with Gasteiger partial charge in [0.25, 0.3) is 0 Å². The molecule has 3 nitrogen and oxygen atoms in total. The number of hydrogen-bond acceptors (Lipinski definition) is 3. The van der Waals surface area contributed by atoms with Crippen molar-refractivity contribution in [3.63, 3.8) is 0 Å². The Kier molecular flexibility index (Phi) is 4.20. The molecule has 0 atom stereocenters. The molecular weight excluding hydrogens is 252 g/mol. The number of rotatable bonds is 4. The third-order valence-corrected chi connectivity index (χ3v) is 2.93. The van der Waals surface area contributed by atoms with Gasteiger partial charge in [0.15, 0.2) is 17.3 Å². The first-order chi connectivity index (χ1) is 9.60. The van der Waals surface area contributed by atoms with Crippen LogP contribution >= 0.6 is 0 Å². The van der Waals surface area contributed by atoms with Crippen LogP contribution in [0.25, 0.3) is 6.08 Å². The summed E-state index contributed by atoms with van der Waals surface area (Å²) in [5.41, 5.74) is 2.60. The van der Waals surface area contributed by atoms with Gasteiger partial charge in [-0.3, -0.25) is 4.79 Å². The summed E-state index contributed by atoms with van der Waals surface area (Å²) < 4.78 is 4.99. The van der Waals surface area contributed by atoms with Crippen molar-refractivity contribution < 1.29 is 14.6 Å². The highest BCUT2D eigenvalue weighted by Crippen LogP contribution is 2.26. The van der Waals surface area contributed by atoms with Gasteiger partial charge in [-0.25, -0.2) is 0 Å². The van der Waals surface area contributed by atoms with Crippen molar-refractivity contribution >= 4 is 11.9 Å². The number of hydrogen-bond donors (Lipinski definition) is 1. The second-order valence-corrected chi connectivity index (χ2v) is 4.50. The van der Waals surface area contributed by atoms with Crippen molar-refractivity contribution in [2.45, 2.75) is 6.92 Å². The van der Waals surface area contributed by atoms with Crippen LogP contribution in [-0.2, 0) is 0 Å². The Hall–Kier alpha value is -2.55. The van der Waals surface area contributed by atoms with Crippen LogP contribution in [0.2, 0.25) is 0 Å². The minimum absolute atomic E-state index is 0.0201. The predicted octanol–water partition coefficient (Wildman–Crippen LogP) is 3.61. The minimum Gasteiger partial charge on any atom is -0.504 e. The Morgan fingerprint density at radius 1 is 1.20 bits per heavy atom. The molecule has 0 heterocycles. The Morgan fingerprint density at radius 2 is 2.00 bits per heavy atom. The summed E-state index contributed by atoms with van der Waals surface area (Å²) in [6.07, 6.45) is 3.29. The van der Waals surface area contributed by atoms with E-state index in [-0.39, 0.29) is 11.5 Å². The Balaban J connectivity index is 2.20. The molecule has 0 aliphatic heterocycles. The number of aromatic hydroxyl groups is 1. The molecule has 0 aliphatic rings. The first kappa shape index (κ1) is 13.9. The molecule has 0 spiro atoms. The lowest BCUT2D eigenvalue weighted by Gasteiger charge is -2.04. The number of aryl methyl sites for hydroxylation is 1. The number of ether oxygens (including phenoxy) is 1. The van der Waals surface area contributed by atoms with Gasteiger partial charge in [-0.2, -0.15) is 0 Å². The number of phenols is 1. The summed E-state index contributed by atoms with van der Waals surface area (Å²) in [6.45, 7) is 2.00. The largest absolute Gasteiger partial charge is 0.504 e. The van der Waals surface area contributed by atoms with Gasteiger partial charge in [-0.15, -0.1) is 0 Å². The van der Waals surface area contributed by atoms with Gasteiger partial charge in [0.2, 0.25) is 0 Å². The number of carbonyl (C=O) groups excluding carboxylic acids is 1. The minimum atomic E-state index is -0.134. The van der Waals surface area contributed by atoms with Crippen LogP contribution < -0.4 is 4.74 Å². The second-order valence-electron chi connectivity index (χ2n) is 4.50. The van der Waals surface area contributed by atoms with Crippen LogP contribution in [0.5, 0.6) is 11.5 Å². The van der Waals surface area contributed by atoms with Crippen molar-refractivity contribution in [1.29, 1.82) is 0 Å². The quantitative estimate of drug-likeness (QED) is 0.680. The van der Waals surface area contributed by atoms with E-state index in [4.69, 9.17) is 4.74 Å². The fraction of sp³-hybridized carbons (Fsp3) is 0.118. The first-order valence-electron chi connectivity index (χ1n) is 6.26. The summed E-state index contributed by atoms with van der Waals surface area (Å²) in [5.74, 6) is 0.177. The molecule has 0 fully saturated rings. The molecule has 0 aromatic heterocycles. The van der Waals surface area contributed by atoms with E-state index in [1.165, 1.54) is 25.3 Å². The molecule has 2 aromatic rings. The van der Waals surface area contributed by atoms with E-state index in [1.54, 1.807) is 12.1 Å². The van der Waals surface area contributed by atoms with Crippen LogP contribution in [0, 0.1) is 6.92 Å². The SMILES string of the molecule is COc1cc(C(=O)/C=C/c2cccc(C)c2)ccc1O. The normalized spacial score (nSPS) is 10.7.